The molecule has 9 aromatic rings. The first kappa shape index (κ1) is 20.7. The number of nitrogens with zero attached hydrogens (tertiary/aromatic N) is 3. The van der Waals surface area contributed by atoms with Crippen LogP contribution in [0.1, 0.15) is 0 Å². The van der Waals surface area contributed by atoms with E-state index in [9.17, 15) is 0 Å². The van der Waals surface area contributed by atoms with Gasteiger partial charge in [0.2, 0.25) is 0 Å². The number of fused-ring (bicyclic) bond motifs is 8. The van der Waals surface area contributed by atoms with Gasteiger partial charge >= 0.3 is 6.01 Å². The standard InChI is InChI=1S/C35H21N3O/c1-2-12-24(13-3-1)37-30-16-8-6-14-25(30)27-20-33-28(21-32(27)37)26-18-22-10-4-5-11-23(22)19-31(26)38(33)35-36-29-15-7-9-17-34(29)39-35/h1-21H. The van der Waals surface area contributed by atoms with Gasteiger partial charge in [-0.1, -0.05) is 72.8 Å². The largest absolute Gasteiger partial charge is 0.423 e. The normalized spacial score (nSPS) is 12.1. The molecule has 6 aromatic carbocycles. The Bertz CT molecular complexity index is 2360. The van der Waals surface area contributed by atoms with Crippen LogP contribution in [0.15, 0.2) is 132 Å². The third-order valence-electron chi connectivity index (χ3n) is 7.91. The Kier molecular flexibility index (Phi) is 4.02. The van der Waals surface area contributed by atoms with Crippen molar-refractivity contribution in [3.05, 3.63) is 127 Å². The number of hydrogen-bond donors (Lipinski definition) is 0. The second kappa shape index (κ2) is 7.59. The van der Waals surface area contributed by atoms with Crippen LogP contribution in [0.4, 0.5) is 0 Å². The van der Waals surface area contributed by atoms with Crippen LogP contribution in [0, 0.1) is 0 Å². The lowest BCUT2D eigenvalue weighted by atomic mass is 10.1. The summed E-state index contributed by atoms with van der Waals surface area (Å²) in [4.78, 5) is 4.92. The van der Waals surface area contributed by atoms with Gasteiger partial charge in [-0.3, -0.25) is 4.57 Å². The average Bonchev–Trinajstić information content (AvgIpc) is 3.65. The fourth-order valence-corrected chi connectivity index (χ4v) is 6.18. The van der Waals surface area contributed by atoms with Gasteiger partial charge in [-0.2, -0.15) is 4.98 Å². The predicted molar refractivity (Wildman–Crippen MR) is 160 cm³/mol. The molecule has 0 N–H and O–H groups in total. The zero-order chi connectivity index (χ0) is 25.5. The van der Waals surface area contributed by atoms with Crippen molar-refractivity contribution in [2.45, 2.75) is 0 Å². The van der Waals surface area contributed by atoms with E-state index in [2.05, 4.69) is 112 Å². The number of para-hydroxylation sites is 4. The average molecular weight is 500 g/mol. The summed E-state index contributed by atoms with van der Waals surface area (Å²) in [5, 5.41) is 7.17. The van der Waals surface area contributed by atoms with Crippen LogP contribution in [0.5, 0.6) is 0 Å². The van der Waals surface area contributed by atoms with Gasteiger partial charge in [0.05, 0.1) is 22.1 Å². The third-order valence-corrected chi connectivity index (χ3v) is 7.91. The predicted octanol–water partition coefficient (Wildman–Crippen LogP) is 9.18. The van der Waals surface area contributed by atoms with Gasteiger partial charge in [0.25, 0.3) is 0 Å². The highest BCUT2D eigenvalue weighted by Crippen LogP contribution is 2.40. The molecule has 0 spiro atoms. The number of benzene rings is 6. The van der Waals surface area contributed by atoms with E-state index >= 15 is 0 Å². The Labute approximate surface area is 222 Å². The number of hydrogen-bond acceptors (Lipinski definition) is 2. The first-order valence-corrected chi connectivity index (χ1v) is 13.1. The number of oxazole rings is 1. The first-order valence-electron chi connectivity index (χ1n) is 13.1. The summed E-state index contributed by atoms with van der Waals surface area (Å²) < 4.78 is 10.9. The molecule has 3 aromatic heterocycles. The van der Waals surface area contributed by atoms with Crippen LogP contribution in [0.25, 0.3) is 77.2 Å². The minimum Gasteiger partial charge on any atom is -0.423 e. The van der Waals surface area contributed by atoms with E-state index in [0.29, 0.717) is 6.01 Å². The lowest BCUT2D eigenvalue weighted by Crippen LogP contribution is -1.94. The molecule has 4 heteroatoms. The third kappa shape index (κ3) is 2.85. The van der Waals surface area contributed by atoms with Gasteiger partial charge in [0.1, 0.15) is 5.52 Å². The molecular formula is C35H21N3O. The maximum atomic E-state index is 6.36. The van der Waals surface area contributed by atoms with Crippen LogP contribution in [-0.4, -0.2) is 14.1 Å². The molecule has 0 radical (unpaired) electrons. The van der Waals surface area contributed by atoms with Crippen molar-refractivity contribution in [2.24, 2.45) is 0 Å². The fraction of sp³-hybridized carbons (Fsp3) is 0. The van der Waals surface area contributed by atoms with E-state index in [1.807, 2.05) is 24.3 Å². The maximum absolute atomic E-state index is 6.36. The summed E-state index contributed by atoms with van der Waals surface area (Å²) in [6, 6.07) is 45.5. The fourth-order valence-electron chi connectivity index (χ4n) is 6.18. The molecule has 3 heterocycles. The van der Waals surface area contributed by atoms with Gasteiger partial charge in [-0.25, -0.2) is 0 Å². The van der Waals surface area contributed by atoms with Crippen LogP contribution in [-0.2, 0) is 0 Å². The molecule has 0 aliphatic rings. The van der Waals surface area contributed by atoms with Gasteiger partial charge in [-0.15, -0.1) is 0 Å². The molecule has 0 saturated heterocycles. The summed E-state index contributed by atoms with van der Waals surface area (Å²) in [6.07, 6.45) is 0. The van der Waals surface area contributed by atoms with Crippen molar-refractivity contribution >= 4 is 65.5 Å². The molecule has 9 rings (SSSR count). The topological polar surface area (TPSA) is 35.9 Å². The Hall–Kier alpha value is -5.35. The Balaban J connectivity index is 1.49. The Morgan fingerprint density at radius 3 is 1.92 bits per heavy atom. The van der Waals surface area contributed by atoms with E-state index in [1.165, 1.54) is 43.4 Å². The van der Waals surface area contributed by atoms with Crippen molar-refractivity contribution in [1.29, 1.82) is 0 Å². The van der Waals surface area contributed by atoms with Gasteiger partial charge in [-0.05, 0) is 65.4 Å². The summed E-state index contributed by atoms with van der Waals surface area (Å²) >= 11 is 0. The molecule has 0 aliphatic heterocycles. The zero-order valence-electron chi connectivity index (χ0n) is 20.9. The van der Waals surface area contributed by atoms with Crippen LogP contribution >= 0.6 is 0 Å². The van der Waals surface area contributed by atoms with Crippen LogP contribution in [0.3, 0.4) is 0 Å². The van der Waals surface area contributed by atoms with E-state index in [0.717, 1.165) is 27.8 Å². The summed E-state index contributed by atoms with van der Waals surface area (Å²) in [5.41, 5.74) is 7.31. The maximum Gasteiger partial charge on any atom is 0.307 e. The Morgan fingerprint density at radius 2 is 1.08 bits per heavy atom. The van der Waals surface area contributed by atoms with E-state index in [4.69, 9.17) is 9.40 Å². The molecule has 0 saturated carbocycles. The summed E-state index contributed by atoms with van der Waals surface area (Å²) in [6.45, 7) is 0. The van der Waals surface area contributed by atoms with E-state index in [-0.39, 0.29) is 0 Å². The van der Waals surface area contributed by atoms with Crippen LogP contribution < -0.4 is 0 Å². The molecule has 4 nitrogen and oxygen atoms in total. The van der Waals surface area contributed by atoms with Crippen LogP contribution in [0.2, 0.25) is 0 Å². The van der Waals surface area contributed by atoms with Gasteiger partial charge in [0, 0.05) is 27.2 Å². The van der Waals surface area contributed by atoms with E-state index < -0.39 is 0 Å². The molecule has 0 unspecified atom stereocenters. The van der Waals surface area contributed by atoms with Gasteiger partial charge < -0.3 is 8.98 Å². The minimum atomic E-state index is 0.581. The zero-order valence-corrected chi connectivity index (χ0v) is 20.9. The highest BCUT2D eigenvalue weighted by atomic mass is 16.4. The molecule has 0 atom stereocenters. The summed E-state index contributed by atoms with van der Waals surface area (Å²) in [7, 11) is 0. The second-order valence-electron chi connectivity index (χ2n) is 10.1. The molecule has 0 amide bonds. The number of aromatic nitrogens is 3. The molecule has 0 fully saturated rings. The lowest BCUT2D eigenvalue weighted by molar-refractivity contribution is 0.574. The molecule has 0 aliphatic carbocycles. The quantitative estimate of drug-likeness (QED) is 0.238. The van der Waals surface area contributed by atoms with Crippen molar-refractivity contribution in [1.82, 2.24) is 14.1 Å². The SMILES string of the molecule is c1ccc(-n2c3ccccc3c3cc4c(cc32)c2cc3ccccc3cc2n4-c2nc3ccccc3o2)cc1. The first-order chi connectivity index (χ1) is 19.3. The minimum absolute atomic E-state index is 0.581. The van der Waals surface area contributed by atoms with E-state index in [1.54, 1.807) is 0 Å². The molecule has 0 bridgehead atoms. The van der Waals surface area contributed by atoms with Crippen molar-refractivity contribution in [3.8, 4) is 11.7 Å². The molecular weight excluding hydrogens is 478 g/mol. The smallest absolute Gasteiger partial charge is 0.307 e. The Morgan fingerprint density at radius 1 is 0.462 bits per heavy atom. The van der Waals surface area contributed by atoms with Gasteiger partial charge in [0.15, 0.2) is 5.58 Å². The second-order valence-corrected chi connectivity index (χ2v) is 10.1. The van der Waals surface area contributed by atoms with Crippen molar-refractivity contribution in [2.75, 3.05) is 0 Å². The molecule has 39 heavy (non-hydrogen) atoms. The monoisotopic (exact) mass is 499 g/mol. The molecule has 182 valence electrons. The van der Waals surface area contributed by atoms with Crippen molar-refractivity contribution < 1.29 is 4.42 Å². The summed E-state index contributed by atoms with van der Waals surface area (Å²) in [5.74, 6) is 0. The van der Waals surface area contributed by atoms with Crippen molar-refractivity contribution in [3.63, 3.8) is 0 Å². The highest BCUT2D eigenvalue weighted by Gasteiger charge is 2.21. The lowest BCUT2D eigenvalue weighted by Gasteiger charge is -2.07. The number of rotatable bonds is 2. The highest BCUT2D eigenvalue weighted by molar-refractivity contribution is 6.20.